The molecule has 1 atom stereocenters. The fraction of sp³-hybridized carbons (Fsp3) is 0.353. The van der Waals surface area contributed by atoms with Crippen molar-refractivity contribution in [3.05, 3.63) is 51.0 Å². The van der Waals surface area contributed by atoms with E-state index in [1.807, 2.05) is 6.20 Å². The van der Waals surface area contributed by atoms with E-state index in [4.69, 9.17) is 4.18 Å². The van der Waals surface area contributed by atoms with Crippen molar-refractivity contribution in [1.29, 1.82) is 0 Å². The predicted octanol–water partition coefficient (Wildman–Crippen LogP) is 1.72. The van der Waals surface area contributed by atoms with Gasteiger partial charge in [0, 0.05) is 29.8 Å². The summed E-state index contributed by atoms with van der Waals surface area (Å²) in [6.45, 7) is 2.05. The highest BCUT2D eigenvalue weighted by Gasteiger charge is 2.15. The summed E-state index contributed by atoms with van der Waals surface area (Å²) in [4.78, 5) is 17.6. The summed E-state index contributed by atoms with van der Waals surface area (Å²) in [7, 11) is -1.78. The van der Waals surface area contributed by atoms with Crippen LogP contribution in [0.2, 0.25) is 0 Å². The van der Waals surface area contributed by atoms with Gasteiger partial charge in [-0.2, -0.15) is 13.5 Å². The Morgan fingerprint density at radius 2 is 2.11 bits per heavy atom. The van der Waals surface area contributed by atoms with Gasteiger partial charge in [0.05, 0.1) is 36.0 Å². The van der Waals surface area contributed by atoms with E-state index in [1.165, 1.54) is 4.57 Å². The van der Waals surface area contributed by atoms with Crippen molar-refractivity contribution >= 4 is 42.9 Å². The van der Waals surface area contributed by atoms with Gasteiger partial charge in [-0.05, 0) is 25.1 Å². The molecule has 0 amide bonds. The van der Waals surface area contributed by atoms with E-state index < -0.39 is 16.2 Å². The molecular formula is C17H20BrN5O4S. The first-order valence-electron chi connectivity index (χ1n) is 8.42. The lowest BCUT2D eigenvalue weighted by atomic mass is 10.2. The lowest BCUT2D eigenvalue weighted by Gasteiger charge is -2.17. The molecule has 3 rings (SSSR count). The molecule has 0 aliphatic heterocycles. The molecular weight excluding hydrogens is 450 g/mol. The Morgan fingerprint density at radius 1 is 1.36 bits per heavy atom. The van der Waals surface area contributed by atoms with Crippen LogP contribution in [0.15, 0.2) is 39.9 Å². The first-order valence-corrected chi connectivity index (χ1v) is 11.0. The second-order valence-corrected chi connectivity index (χ2v) is 9.02. The summed E-state index contributed by atoms with van der Waals surface area (Å²) in [6, 6.07) is 5.28. The fourth-order valence-corrected chi connectivity index (χ4v) is 3.80. The number of nitrogens with zero attached hydrogens (tertiary/aromatic N) is 4. The van der Waals surface area contributed by atoms with Crippen molar-refractivity contribution in [2.75, 3.05) is 18.1 Å². The van der Waals surface area contributed by atoms with Gasteiger partial charge in [-0.3, -0.25) is 18.2 Å². The fourth-order valence-electron chi connectivity index (χ4n) is 2.78. The van der Waals surface area contributed by atoms with Gasteiger partial charge in [-0.1, -0.05) is 15.9 Å². The van der Waals surface area contributed by atoms with Crippen molar-refractivity contribution in [1.82, 2.24) is 19.3 Å². The number of anilines is 1. The first-order chi connectivity index (χ1) is 13.1. The zero-order valence-electron chi connectivity index (χ0n) is 15.6. The van der Waals surface area contributed by atoms with E-state index in [0.717, 1.165) is 16.3 Å². The van der Waals surface area contributed by atoms with Gasteiger partial charge in [-0.15, -0.1) is 0 Å². The van der Waals surface area contributed by atoms with Crippen LogP contribution in [0.4, 0.5) is 5.95 Å². The zero-order valence-corrected chi connectivity index (χ0v) is 18.0. The molecule has 11 heteroatoms. The van der Waals surface area contributed by atoms with Gasteiger partial charge in [0.25, 0.3) is 15.7 Å². The smallest absolute Gasteiger partial charge is 0.264 e. The maximum Gasteiger partial charge on any atom is 0.264 e. The zero-order chi connectivity index (χ0) is 20.5. The van der Waals surface area contributed by atoms with Crippen LogP contribution in [0, 0.1) is 0 Å². The molecule has 0 aliphatic rings. The third kappa shape index (κ3) is 4.97. The van der Waals surface area contributed by atoms with Gasteiger partial charge in [-0.25, -0.2) is 4.98 Å². The summed E-state index contributed by atoms with van der Waals surface area (Å²) in [5.41, 5.74) is 1.16. The van der Waals surface area contributed by atoms with Gasteiger partial charge in [0.15, 0.2) is 0 Å². The maximum atomic E-state index is 13.1. The molecule has 0 saturated carbocycles. The van der Waals surface area contributed by atoms with Crippen LogP contribution < -0.4 is 10.9 Å². The Labute approximate surface area is 170 Å². The average molecular weight is 470 g/mol. The molecule has 2 heterocycles. The molecule has 0 spiro atoms. The molecule has 0 radical (unpaired) electrons. The highest BCUT2D eigenvalue weighted by molar-refractivity contribution is 9.10. The Hall–Kier alpha value is -2.24. The Balaban J connectivity index is 1.99. The highest BCUT2D eigenvalue weighted by atomic mass is 79.9. The van der Waals surface area contributed by atoms with E-state index in [2.05, 4.69) is 31.3 Å². The minimum atomic E-state index is -3.58. The molecule has 3 aromatic rings. The lowest BCUT2D eigenvalue weighted by Crippen LogP contribution is -2.29. The van der Waals surface area contributed by atoms with Crippen LogP contribution in [0.1, 0.15) is 12.5 Å². The first kappa shape index (κ1) is 20.5. The summed E-state index contributed by atoms with van der Waals surface area (Å²) in [5, 5.41) is 7.64. The monoisotopic (exact) mass is 469 g/mol. The van der Waals surface area contributed by atoms with Crippen molar-refractivity contribution in [2.24, 2.45) is 7.05 Å². The number of aryl methyl sites for hydroxylation is 1. The van der Waals surface area contributed by atoms with E-state index in [1.54, 1.807) is 43.0 Å². The number of halogens is 1. The van der Waals surface area contributed by atoms with Crippen LogP contribution in [0.5, 0.6) is 0 Å². The minimum Gasteiger partial charge on any atom is -0.353 e. The third-order valence-corrected chi connectivity index (χ3v) is 5.07. The quantitative estimate of drug-likeness (QED) is 0.524. The van der Waals surface area contributed by atoms with Crippen LogP contribution in [-0.2, 0) is 27.9 Å². The Bertz CT molecular complexity index is 1170. The van der Waals surface area contributed by atoms with Gasteiger partial charge in [0.1, 0.15) is 0 Å². The molecule has 1 N–H and O–H groups in total. The Morgan fingerprint density at radius 3 is 2.75 bits per heavy atom. The van der Waals surface area contributed by atoms with E-state index >= 15 is 0 Å². The van der Waals surface area contributed by atoms with Crippen LogP contribution >= 0.6 is 15.9 Å². The summed E-state index contributed by atoms with van der Waals surface area (Å²) < 4.78 is 31.4. The number of benzene rings is 1. The van der Waals surface area contributed by atoms with Crippen LogP contribution in [0.3, 0.4) is 0 Å². The molecule has 0 saturated heterocycles. The molecule has 9 nitrogen and oxygen atoms in total. The average Bonchev–Trinajstić information content (AvgIpc) is 3.00. The van der Waals surface area contributed by atoms with Crippen LogP contribution in [-0.4, -0.2) is 46.7 Å². The predicted molar refractivity (Wildman–Crippen MR) is 110 cm³/mol. The van der Waals surface area contributed by atoms with E-state index in [9.17, 15) is 13.2 Å². The van der Waals surface area contributed by atoms with Crippen molar-refractivity contribution in [3.63, 3.8) is 0 Å². The number of rotatable bonds is 7. The molecule has 0 aliphatic carbocycles. The van der Waals surface area contributed by atoms with Gasteiger partial charge >= 0.3 is 0 Å². The number of aromatic nitrogens is 4. The molecule has 0 bridgehead atoms. The summed E-state index contributed by atoms with van der Waals surface area (Å²) in [5.74, 6) is 0.327. The van der Waals surface area contributed by atoms with Crippen molar-refractivity contribution < 1.29 is 12.6 Å². The number of fused-ring (bicyclic) bond motifs is 1. The molecule has 1 aromatic carbocycles. The second kappa shape index (κ2) is 8.02. The molecule has 0 unspecified atom stereocenters. The SMILES string of the molecule is C[C@@H](CNc1nc2ccc(Br)cc2c(=O)n1Cc1cnn(C)c1)OS(C)(=O)=O. The number of hydrogen-bond donors (Lipinski definition) is 1. The Kier molecular flexibility index (Phi) is 5.87. The second-order valence-electron chi connectivity index (χ2n) is 6.50. The highest BCUT2D eigenvalue weighted by Crippen LogP contribution is 2.18. The molecule has 28 heavy (non-hydrogen) atoms. The van der Waals surface area contributed by atoms with Gasteiger partial charge < -0.3 is 5.32 Å². The number of nitrogens with one attached hydrogen (secondary N) is 1. The van der Waals surface area contributed by atoms with Crippen molar-refractivity contribution in [2.45, 2.75) is 19.6 Å². The number of hydrogen-bond acceptors (Lipinski definition) is 7. The lowest BCUT2D eigenvalue weighted by molar-refractivity contribution is 0.243. The summed E-state index contributed by atoms with van der Waals surface area (Å²) in [6.07, 6.45) is 3.86. The molecule has 0 fully saturated rings. The topological polar surface area (TPSA) is 108 Å². The van der Waals surface area contributed by atoms with Gasteiger partial charge in [0.2, 0.25) is 5.95 Å². The normalized spacial score (nSPS) is 13.0. The summed E-state index contributed by atoms with van der Waals surface area (Å²) >= 11 is 3.38. The maximum absolute atomic E-state index is 13.1. The van der Waals surface area contributed by atoms with Crippen LogP contribution in [0.25, 0.3) is 10.9 Å². The van der Waals surface area contributed by atoms with Crippen molar-refractivity contribution in [3.8, 4) is 0 Å². The third-order valence-electron chi connectivity index (χ3n) is 3.90. The molecule has 2 aromatic heterocycles. The van der Waals surface area contributed by atoms with E-state index in [0.29, 0.717) is 16.9 Å². The standard InChI is InChI=1S/C17H20BrN5O4S/c1-11(27-28(3,25)26)7-19-17-21-15-5-4-13(18)6-14(15)16(24)23(17)10-12-8-20-22(2)9-12/h4-6,8-9,11H,7,10H2,1-3H3,(H,19,21)/t11-/m0/s1. The largest absolute Gasteiger partial charge is 0.353 e. The van der Waals surface area contributed by atoms with E-state index in [-0.39, 0.29) is 18.6 Å². The minimum absolute atomic E-state index is 0.161. The molecule has 150 valence electrons.